The van der Waals surface area contributed by atoms with E-state index in [2.05, 4.69) is 10.1 Å². The van der Waals surface area contributed by atoms with Gasteiger partial charge in [0.1, 0.15) is 11.5 Å². The molecule has 0 aliphatic heterocycles. The average molecular weight is 266 g/mol. The molecule has 20 heavy (non-hydrogen) atoms. The highest BCUT2D eigenvalue weighted by Gasteiger charge is 2.08. The van der Waals surface area contributed by atoms with E-state index in [1.165, 1.54) is 0 Å². The summed E-state index contributed by atoms with van der Waals surface area (Å²) in [7, 11) is 0. The van der Waals surface area contributed by atoms with E-state index in [1.54, 1.807) is 6.20 Å². The van der Waals surface area contributed by atoms with Crippen molar-refractivity contribution >= 4 is 17.2 Å². The molecule has 3 N–H and O–H groups in total. The molecule has 0 spiro atoms. The number of pyridine rings is 1. The molecule has 0 atom stereocenters. The molecule has 0 fully saturated rings. The monoisotopic (exact) mass is 266 g/mol. The Morgan fingerprint density at radius 3 is 2.70 bits per heavy atom. The molecule has 5 heteroatoms. The smallest absolute Gasteiger partial charge is 0.142 e. The predicted octanol–water partition coefficient (Wildman–Crippen LogP) is 2.34. The number of hydrogen-bond acceptors (Lipinski definition) is 4. The zero-order valence-electron chi connectivity index (χ0n) is 10.8. The van der Waals surface area contributed by atoms with Gasteiger partial charge in [0, 0.05) is 18.2 Å². The maximum atomic E-state index is 9.26. The summed E-state index contributed by atoms with van der Waals surface area (Å²) in [6, 6.07) is 13.6. The first-order valence-electron chi connectivity index (χ1n) is 6.26. The number of nitrogens with zero attached hydrogens (tertiary/aromatic N) is 3. The van der Waals surface area contributed by atoms with Gasteiger partial charge in [0.15, 0.2) is 0 Å². The van der Waals surface area contributed by atoms with E-state index in [9.17, 15) is 5.21 Å². The lowest BCUT2D eigenvalue weighted by Gasteiger charge is -2.05. The molecule has 0 radical (unpaired) electrons. The molecule has 2 heterocycles. The van der Waals surface area contributed by atoms with Gasteiger partial charge in [-0.05, 0) is 17.7 Å². The Hall–Kier alpha value is -2.82. The molecule has 0 bridgehead atoms. The molecule has 100 valence electrons. The zero-order chi connectivity index (χ0) is 13.9. The molecule has 3 rings (SSSR count). The predicted molar refractivity (Wildman–Crippen MR) is 78.1 cm³/mol. The number of fused-ring (bicyclic) bond motifs is 1. The van der Waals surface area contributed by atoms with Gasteiger partial charge in [-0.15, -0.1) is 0 Å². The third-order valence-electron chi connectivity index (χ3n) is 3.14. The van der Waals surface area contributed by atoms with Crippen LogP contribution < -0.4 is 5.73 Å². The molecule has 0 aliphatic rings. The summed E-state index contributed by atoms with van der Waals surface area (Å²) in [6.45, 7) is 0. The number of aromatic nitrogens is 2. The lowest BCUT2D eigenvalue weighted by molar-refractivity contribution is 0.318. The van der Waals surface area contributed by atoms with Crippen molar-refractivity contribution in [2.45, 2.75) is 6.42 Å². The zero-order valence-corrected chi connectivity index (χ0v) is 10.8. The number of oxime groups is 1. The number of hydrogen-bond donors (Lipinski definition) is 2. The lowest BCUT2D eigenvalue weighted by Crippen LogP contribution is -2.06. The fraction of sp³-hybridized carbons (Fsp3) is 0.0667. The standard InChI is InChI=1S/C15H14N4O/c16-14-10-19-9-12(6-7-15(19)17-14)13(18-20)8-11-4-2-1-3-5-11/h1-7,9-10,20H,8,16H2/b18-13+. The Morgan fingerprint density at radius 2 is 1.95 bits per heavy atom. The van der Waals surface area contributed by atoms with Gasteiger partial charge in [-0.3, -0.25) is 0 Å². The van der Waals surface area contributed by atoms with Crippen LogP contribution in [0.2, 0.25) is 0 Å². The van der Waals surface area contributed by atoms with Gasteiger partial charge in [-0.25, -0.2) is 4.98 Å². The lowest BCUT2D eigenvalue weighted by atomic mass is 10.0. The number of imidazole rings is 1. The highest BCUT2D eigenvalue weighted by atomic mass is 16.4. The van der Waals surface area contributed by atoms with Crippen LogP contribution in [0.25, 0.3) is 5.65 Å². The molecule has 0 saturated heterocycles. The first kappa shape index (κ1) is 12.2. The number of nitrogens with two attached hydrogens (primary N) is 1. The summed E-state index contributed by atoms with van der Waals surface area (Å²) in [5.74, 6) is 0.465. The van der Waals surface area contributed by atoms with E-state index in [4.69, 9.17) is 5.73 Å². The Bertz CT molecular complexity index is 762. The minimum Gasteiger partial charge on any atom is -0.411 e. The first-order valence-corrected chi connectivity index (χ1v) is 6.26. The average Bonchev–Trinajstić information content (AvgIpc) is 2.85. The Labute approximate surface area is 116 Å². The van der Waals surface area contributed by atoms with Crippen molar-refractivity contribution < 1.29 is 5.21 Å². The maximum absolute atomic E-state index is 9.26. The SMILES string of the molecule is Nc1cn2cc(/C(Cc3ccccc3)=N/O)ccc2n1. The number of anilines is 1. The fourth-order valence-corrected chi connectivity index (χ4v) is 2.17. The molecule has 2 aromatic heterocycles. The normalized spacial score (nSPS) is 11.9. The highest BCUT2D eigenvalue weighted by Crippen LogP contribution is 2.12. The number of rotatable bonds is 3. The van der Waals surface area contributed by atoms with E-state index in [-0.39, 0.29) is 0 Å². The maximum Gasteiger partial charge on any atom is 0.142 e. The molecule has 0 unspecified atom stereocenters. The molecule has 0 saturated carbocycles. The van der Waals surface area contributed by atoms with Gasteiger partial charge in [-0.1, -0.05) is 35.5 Å². The fourth-order valence-electron chi connectivity index (χ4n) is 2.17. The summed E-state index contributed by atoms with van der Waals surface area (Å²) in [5.41, 5.74) is 8.95. The topological polar surface area (TPSA) is 75.9 Å². The van der Waals surface area contributed by atoms with Gasteiger partial charge in [0.2, 0.25) is 0 Å². The van der Waals surface area contributed by atoms with E-state index in [0.717, 1.165) is 16.8 Å². The third-order valence-corrected chi connectivity index (χ3v) is 3.14. The second-order valence-corrected chi connectivity index (χ2v) is 4.56. The number of nitrogen functional groups attached to an aromatic ring is 1. The molecule has 1 aromatic carbocycles. The van der Waals surface area contributed by atoms with Crippen molar-refractivity contribution in [1.82, 2.24) is 9.38 Å². The summed E-state index contributed by atoms with van der Waals surface area (Å²) < 4.78 is 1.82. The van der Waals surface area contributed by atoms with E-state index in [0.29, 0.717) is 18.0 Å². The van der Waals surface area contributed by atoms with Crippen LogP contribution in [0.3, 0.4) is 0 Å². The van der Waals surface area contributed by atoms with Crippen molar-refractivity contribution in [3.05, 3.63) is 66.0 Å². The largest absolute Gasteiger partial charge is 0.411 e. The van der Waals surface area contributed by atoms with Crippen LogP contribution in [0.1, 0.15) is 11.1 Å². The van der Waals surface area contributed by atoms with Gasteiger partial charge >= 0.3 is 0 Å². The Balaban J connectivity index is 1.95. The summed E-state index contributed by atoms with van der Waals surface area (Å²) in [6.07, 6.45) is 4.15. The Morgan fingerprint density at radius 1 is 1.15 bits per heavy atom. The molecular formula is C15H14N4O. The van der Waals surface area contributed by atoms with Crippen molar-refractivity contribution in [2.24, 2.45) is 5.16 Å². The molecule has 0 amide bonds. The molecule has 0 aliphatic carbocycles. The summed E-state index contributed by atoms with van der Waals surface area (Å²) in [4.78, 5) is 4.16. The van der Waals surface area contributed by atoms with Crippen LogP contribution in [-0.4, -0.2) is 20.3 Å². The second kappa shape index (κ2) is 5.05. The van der Waals surface area contributed by atoms with Crippen molar-refractivity contribution in [3.63, 3.8) is 0 Å². The molecule has 5 nitrogen and oxygen atoms in total. The second-order valence-electron chi connectivity index (χ2n) is 4.56. The molecule has 3 aromatic rings. The van der Waals surface area contributed by atoms with Crippen LogP contribution in [0.15, 0.2) is 60.0 Å². The highest BCUT2D eigenvalue weighted by molar-refractivity contribution is 6.01. The van der Waals surface area contributed by atoms with Gasteiger partial charge in [0.25, 0.3) is 0 Å². The van der Waals surface area contributed by atoms with E-state index >= 15 is 0 Å². The quantitative estimate of drug-likeness (QED) is 0.434. The van der Waals surface area contributed by atoms with Gasteiger partial charge < -0.3 is 15.3 Å². The van der Waals surface area contributed by atoms with E-state index < -0.39 is 0 Å². The summed E-state index contributed by atoms with van der Waals surface area (Å²) in [5, 5.41) is 12.7. The molecular weight excluding hydrogens is 252 g/mol. The van der Waals surface area contributed by atoms with Gasteiger partial charge in [-0.2, -0.15) is 0 Å². The summed E-state index contributed by atoms with van der Waals surface area (Å²) >= 11 is 0. The van der Waals surface area contributed by atoms with Crippen LogP contribution in [0.5, 0.6) is 0 Å². The van der Waals surface area contributed by atoms with Crippen LogP contribution >= 0.6 is 0 Å². The first-order chi connectivity index (χ1) is 9.76. The van der Waals surface area contributed by atoms with Crippen LogP contribution in [-0.2, 0) is 6.42 Å². The minimum atomic E-state index is 0.465. The number of benzene rings is 1. The third kappa shape index (κ3) is 2.33. The van der Waals surface area contributed by atoms with Crippen molar-refractivity contribution in [2.75, 3.05) is 5.73 Å². The van der Waals surface area contributed by atoms with Crippen LogP contribution in [0, 0.1) is 0 Å². The van der Waals surface area contributed by atoms with Crippen LogP contribution in [0.4, 0.5) is 5.82 Å². The van der Waals surface area contributed by atoms with E-state index in [1.807, 2.05) is 53.1 Å². The van der Waals surface area contributed by atoms with Crippen molar-refractivity contribution in [3.8, 4) is 0 Å². The van der Waals surface area contributed by atoms with Gasteiger partial charge in [0.05, 0.1) is 11.9 Å². The minimum absolute atomic E-state index is 0.465. The Kier molecular flexibility index (Phi) is 3.09. The van der Waals surface area contributed by atoms with Crippen molar-refractivity contribution in [1.29, 1.82) is 0 Å².